The summed E-state index contributed by atoms with van der Waals surface area (Å²) in [7, 11) is 0. The fraction of sp³-hybridized carbons (Fsp3) is 0.588. The molecular weight excluding hydrogens is 296 g/mol. The summed E-state index contributed by atoms with van der Waals surface area (Å²) in [6, 6.07) is 9.74. The molecule has 1 heterocycles. The van der Waals surface area contributed by atoms with E-state index in [1.54, 1.807) is 0 Å². The zero-order valence-electron chi connectivity index (χ0n) is 13.2. The molecule has 0 aliphatic carbocycles. The highest BCUT2D eigenvalue weighted by molar-refractivity contribution is 8.00. The standard InChI is InChI=1S/C17H26N2O2S/c1-17(10-6-12-22-17)13-18-16(21)19-15(9-5-11-20)14-7-3-2-4-8-14/h2-4,7-8,15,20H,5-6,9-13H2,1H3,(H2,18,19,21)/t15-,17-/m0/s1. The van der Waals surface area contributed by atoms with E-state index in [-0.39, 0.29) is 23.4 Å². The number of aliphatic hydroxyl groups excluding tert-OH is 1. The second kappa shape index (κ2) is 8.44. The first kappa shape index (κ1) is 17.2. The van der Waals surface area contributed by atoms with Crippen LogP contribution in [0.2, 0.25) is 0 Å². The van der Waals surface area contributed by atoms with Crippen LogP contribution in [0.3, 0.4) is 0 Å². The third-order valence-electron chi connectivity index (χ3n) is 4.08. The molecule has 3 N–H and O–H groups in total. The molecule has 1 aromatic carbocycles. The highest BCUT2D eigenvalue weighted by Gasteiger charge is 2.29. The number of rotatable bonds is 7. The number of amides is 2. The van der Waals surface area contributed by atoms with Crippen molar-refractivity contribution in [2.75, 3.05) is 18.9 Å². The largest absolute Gasteiger partial charge is 0.396 e. The van der Waals surface area contributed by atoms with Gasteiger partial charge < -0.3 is 15.7 Å². The maximum Gasteiger partial charge on any atom is 0.315 e. The van der Waals surface area contributed by atoms with Crippen LogP contribution >= 0.6 is 11.8 Å². The van der Waals surface area contributed by atoms with Crippen molar-refractivity contribution in [3.8, 4) is 0 Å². The van der Waals surface area contributed by atoms with E-state index in [2.05, 4.69) is 17.6 Å². The summed E-state index contributed by atoms with van der Waals surface area (Å²) in [5, 5.41) is 15.1. The number of carbonyl (C=O) groups is 1. The van der Waals surface area contributed by atoms with Gasteiger partial charge in [-0.3, -0.25) is 0 Å². The Labute approximate surface area is 137 Å². The van der Waals surface area contributed by atoms with Crippen molar-refractivity contribution in [1.29, 1.82) is 0 Å². The number of hydrogen-bond acceptors (Lipinski definition) is 3. The minimum atomic E-state index is -0.125. The normalized spacial score (nSPS) is 22.3. The van der Waals surface area contributed by atoms with Crippen molar-refractivity contribution >= 4 is 17.8 Å². The zero-order chi connectivity index (χ0) is 15.8. The number of thioether (sulfide) groups is 1. The number of nitrogens with one attached hydrogen (secondary N) is 2. The molecule has 5 heteroatoms. The van der Waals surface area contributed by atoms with Crippen molar-refractivity contribution in [3.63, 3.8) is 0 Å². The first-order valence-electron chi connectivity index (χ1n) is 7.97. The molecule has 1 fully saturated rings. The highest BCUT2D eigenvalue weighted by atomic mass is 32.2. The Morgan fingerprint density at radius 2 is 2.18 bits per heavy atom. The Morgan fingerprint density at radius 3 is 2.82 bits per heavy atom. The predicted octanol–water partition coefficient (Wildman–Crippen LogP) is 3.09. The molecule has 1 aliphatic rings. The van der Waals surface area contributed by atoms with Crippen LogP contribution in [-0.4, -0.2) is 34.8 Å². The zero-order valence-corrected chi connectivity index (χ0v) is 14.0. The van der Waals surface area contributed by atoms with Gasteiger partial charge in [-0.15, -0.1) is 0 Å². The van der Waals surface area contributed by atoms with E-state index >= 15 is 0 Å². The second-order valence-corrected chi connectivity index (χ2v) is 7.74. The van der Waals surface area contributed by atoms with E-state index in [9.17, 15) is 4.79 Å². The number of hydrogen-bond donors (Lipinski definition) is 3. The topological polar surface area (TPSA) is 61.4 Å². The summed E-state index contributed by atoms with van der Waals surface area (Å²) in [5.74, 6) is 1.18. The van der Waals surface area contributed by atoms with Gasteiger partial charge in [0.15, 0.2) is 0 Å². The van der Waals surface area contributed by atoms with E-state index in [0.29, 0.717) is 13.0 Å². The summed E-state index contributed by atoms with van der Waals surface area (Å²) >= 11 is 1.94. The van der Waals surface area contributed by atoms with E-state index in [0.717, 1.165) is 18.4 Å². The summed E-state index contributed by atoms with van der Waals surface area (Å²) in [6.07, 6.45) is 3.80. The van der Waals surface area contributed by atoms with Crippen LogP contribution in [0, 0.1) is 0 Å². The first-order valence-corrected chi connectivity index (χ1v) is 8.96. The molecule has 1 aliphatic heterocycles. The Hall–Kier alpha value is -1.20. The van der Waals surface area contributed by atoms with Gasteiger partial charge in [-0.2, -0.15) is 11.8 Å². The molecule has 0 bridgehead atoms. The van der Waals surface area contributed by atoms with Gasteiger partial charge in [0.25, 0.3) is 0 Å². The average Bonchev–Trinajstić information content (AvgIpc) is 2.97. The monoisotopic (exact) mass is 322 g/mol. The molecule has 22 heavy (non-hydrogen) atoms. The summed E-state index contributed by atoms with van der Waals surface area (Å²) < 4.78 is 0.171. The Morgan fingerprint density at radius 1 is 1.41 bits per heavy atom. The molecule has 2 atom stereocenters. The van der Waals surface area contributed by atoms with Crippen LogP contribution in [0.15, 0.2) is 30.3 Å². The van der Waals surface area contributed by atoms with Crippen molar-refractivity contribution in [3.05, 3.63) is 35.9 Å². The molecule has 0 aromatic heterocycles. The molecule has 2 amide bonds. The van der Waals surface area contributed by atoms with Crippen LogP contribution in [-0.2, 0) is 0 Å². The maximum atomic E-state index is 12.2. The van der Waals surface area contributed by atoms with Gasteiger partial charge in [0, 0.05) is 17.9 Å². The summed E-state index contributed by atoms with van der Waals surface area (Å²) in [6.45, 7) is 3.05. The highest BCUT2D eigenvalue weighted by Crippen LogP contribution is 2.36. The minimum Gasteiger partial charge on any atom is -0.396 e. The maximum absolute atomic E-state index is 12.2. The lowest BCUT2D eigenvalue weighted by Gasteiger charge is -2.25. The van der Waals surface area contributed by atoms with Gasteiger partial charge in [0.2, 0.25) is 0 Å². The number of carbonyl (C=O) groups excluding carboxylic acids is 1. The van der Waals surface area contributed by atoms with Gasteiger partial charge in [-0.05, 0) is 43.9 Å². The van der Waals surface area contributed by atoms with Gasteiger partial charge in [-0.1, -0.05) is 30.3 Å². The molecule has 4 nitrogen and oxygen atoms in total. The molecule has 0 spiro atoms. The van der Waals surface area contributed by atoms with Gasteiger partial charge in [-0.25, -0.2) is 4.79 Å². The lowest BCUT2D eigenvalue weighted by atomic mass is 10.0. The Balaban J connectivity index is 1.87. The summed E-state index contributed by atoms with van der Waals surface area (Å²) in [5.41, 5.74) is 1.08. The predicted molar refractivity (Wildman–Crippen MR) is 92.1 cm³/mol. The van der Waals surface area contributed by atoms with Crippen molar-refractivity contribution in [2.45, 2.75) is 43.4 Å². The lowest BCUT2D eigenvalue weighted by Crippen LogP contribution is -2.43. The van der Waals surface area contributed by atoms with Crippen molar-refractivity contribution in [2.24, 2.45) is 0 Å². The molecule has 2 rings (SSSR count). The average molecular weight is 322 g/mol. The second-order valence-electron chi connectivity index (χ2n) is 6.06. The van der Waals surface area contributed by atoms with Crippen molar-refractivity contribution in [1.82, 2.24) is 10.6 Å². The number of benzene rings is 1. The van der Waals surface area contributed by atoms with Crippen LogP contribution in [0.4, 0.5) is 4.79 Å². The Bertz CT molecular complexity index is 461. The minimum absolute atomic E-state index is 0.0580. The molecule has 0 radical (unpaired) electrons. The van der Waals surface area contributed by atoms with Crippen LogP contribution in [0.5, 0.6) is 0 Å². The molecule has 122 valence electrons. The van der Waals surface area contributed by atoms with E-state index in [4.69, 9.17) is 5.11 Å². The van der Waals surface area contributed by atoms with E-state index in [1.165, 1.54) is 12.2 Å². The van der Waals surface area contributed by atoms with E-state index in [1.807, 2.05) is 42.1 Å². The van der Waals surface area contributed by atoms with Crippen LogP contribution in [0.1, 0.15) is 44.2 Å². The lowest BCUT2D eigenvalue weighted by molar-refractivity contribution is 0.232. The number of aliphatic hydroxyl groups is 1. The fourth-order valence-electron chi connectivity index (χ4n) is 2.76. The molecule has 1 aromatic rings. The first-order chi connectivity index (χ1) is 10.6. The fourth-order valence-corrected chi connectivity index (χ4v) is 4.00. The SMILES string of the molecule is C[C@@]1(CNC(=O)N[C@@H](CCCO)c2ccccc2)CCCS1. The number of urea groups is 1. The quantitative estimate of drug-likeness (QED) is 0.723. The van der Waals surface area contributed by atoms with Gasteiger partial charge >= 0.3 is 6.03 Å². The third kappa shape index (κ3) is 5.21. The van der Waals surface area contributed by atoms with Crippen LogP contribution < -0.4 is 10.6 Å². The molecule has 0 unspecified atom stereocenters. The van der Waals surface area contributed by atoms with Gasteiger partial charge in [0.1, 0.15) is 0 Å². The Kier molecular flexibility index (Phi) is 6.58. The molecular formula is C17H26N2O2S. The third-order valence-corrected chi connectivity index (χ3v) is 5.62. The van der Waals surface area contributed by atoms with Gasteiger partial charge in [0.05, 0.1) is 6.04 Å². The van der Waals surface area contributed by atoms with Crippen LogP contribution in [0.25, 0.3) is 0 Å². The van der Waals surface area contributed by atoms with Crippen molar-refractivity contribution < 1.29 is 9.90 Å². The summed E-state index contributed by atoms with van der Waals surface area (Å²) in [4.78, 5) is 12.2. The van der Waals surface area contributed by atoms with E-state index < -0.39 is 0 Å². The smallest absolute Gasteiger partial charge is 0.315 e. The molecule has 0 saturated carbocycles. The molecule has 1 saturated heterocycles.